The lowest BCUT2D eigenvalue weighted by atomic mass is 10.0. The first-order chi connectivity index (χ1) is 8.24. The van der Waals surface area contributed by atoms with E-state index in [0.717, 1.165) is 10.9 Å². The number of alkyl halides is 1. The van der Waals surface area contributed by atoms with Gasteiger partial charge in [0.2, 0.25) is 0 Å². The Morgan fingerprint density at radius 3 is 2.24 bits per heavy atom. The van der Waals surface area contributed by atoms with Gasteiger partial charge in [0.05, 0.1) is 5.38 Å². The van der Waals surface area contributed by atoms with Crippen molar-refractivity contribution in [2.45, 2.75) is 57.2 Å². The second-order valence-corrected chi connectivity index (χ2v) is 6.02. The second-order valence-electron chi connectivity index (χ2n) is 4.58. The first kappa shape index (κ1) is 15.0. The summed E-state index contributed by atoms with van der Waals surface area (Å²) < 4.78 is 1.12. The van der Waals surface area contributed by atoms with Gasteiger partial charge in [-0.25, -0.2) is 0 Å². The maximum atomic E-state index is 6.38. The van der Waals surface area contributed by atoms with Gasteiger partial charge in [0.1, 0.15) is 0 Å². The molecule has 0 radical (unpaired) electrons. The molecule has 0 aliphatic rings. The normalized spacial score (nSPS) is 12.6. The van der Waals surface area contributed by atoms with E-state index in [-0.39, 0.29) is 5.38 Å². The van der Waals surface area contributed by atoms with Crippen molar-refractivity contribution in [1.29, 1.82) is 0 Å². The number of hydrogen-bond donors (Lipinski definition) is 0. The molecule has 0 aliphatic heterocycles. The summed E-state index contributed by atoms with van der Waals surface area (Å²) in [7, 11) is 0. The molecular weight excluding hydrogens is 296 g/mol. The van der Waals surface area contributed by atoms with Crippen LogP contribution in [0.2, 0.25) is 0 Å². The molecule has 1 rings (SSSR count). The molecule has 0 aliphatic carbocycles. The van der Waals surface area contributed by atoms with Gasteiger partial charge in [0, 0.05) is 4.47 Å². The predicted molar refractivity (Wildman–Crippen MR) is 80.7 cm³/mol. The molecule has 0 bridgehead atoms. The fourth-order valence-corrected chi connectivity index (χ4v) is 2.51. The van der Waals surface area contributed by atoms with Crippen molar-refractivity contribution in [3.05, 3.63) is 34.3 Å². The second kappa shape index (κ2) is 8.99. The van der Waals surface area contributed by atoms with E-state index in [1.165, 1.54) is 44.1 Å². The van der Waals surface area contributed by atoms with E-state index in [9.17, 15) is 0 Å². The summed E-state index contributed by atoms with van der Waals surface area (Å²) in [5, 5.41) is 0.175. The van der Waals surface area contributed by atoms with Gasteiger partial charge in [0.15, 0.2) is 0 Å². The average molecular weight is 318 g/mol. The Kier molecular flexibility index (Phi) is 7.96. The molecule has 0 aromatic heterocycles. The van der Waals surface area contributed by atoms with E-state index in [4.69, 9.17) is 11.6 Å². The van der Waals surface area contributed by atoms with E-state index in [1.54, 1.807) is 0 Å². The van der Waals surface area contributed by atoms with Crippen LogP contribution >= 0.6 is 27.5 Å². The molecule has 0 nitrogen and oxygen atoms in total. The minimum Gasteiger partial charge on any atom is -0.118 e. The molecule has 1 aromatic carbocycles. The molecule has 2 heteroatoms. The topological polar surface area (TPSA) is 0 Å². The van der Waals surface area contributed by atoms with Crippen molar-refractivity contribution < 1.29 is 0 Å². The molecule has 96 valence electrons. The van der Waals surface area contributed by atoms with Gasteiger partial charge in [-0.05, 0) is 24.1 Å². The standard InChI is InChI=1S/C15H22BrCl/c1-2-3-4-5-6-7-8-15(17)13-9-11-14(16)12-10-13/h9-12,15H,2-8H2,1H3. The summed E-state index contributed by atoms with van der Waals surface area (Å²) in [6.07, 6.45) is 9.08. The molecule has 0 amide bonds. The fourth-order valence-electron chi connectivity index (χ4n) is 1.94. The maximum absolute atomic E-state index is 6.38. The number of halogens is 2. The summed E-state index contributed by atoms with van der Waals surface area (Å²) >= 11 is 9.82. The van der Waals surface area contributed by atoms with Crippen LogP contribution in [-0.4, -0.2) is 0 Å². The van der Waals surface area contributed by atoms with Crippen LogP contribution < -0.4 is 0 Å². The van der Waals surface area contributed by atoms with Gasteiger partial charge in [0.25, 0.3) is 0 Å². The highest BCUT2D eigenvalue weighted by atomic mass is 79.9. The highest BCUT2D eigenvalue weighted by Crippen LogP contribution is 2.27. The van der Waals surface area contributed by atoms with E-state index in [0.29, 0.717) is 0 Å². The molecule has 1 atom stereocenters. The molecule has 1 unspecified atom stereocenters. The highest BCUT2D eigenvalue weighted by molar-refractivity contribution is 9.10. The van der Waals surface area contributed by atoms with Crippen LogP contribution in [0.25, 0.3) is 0 Å². The number of benzene rings is 1. The molecule has 0 saturated carbocycles. The lowest BCUT2D eigenvalue weighted by Gasteiger charge is -2.09. The Hall–Kier alpha value is -0.0100. The van der Waals surface area contributed by atoms with Crippen LogP contribution in [0.4, 0.5) is 0 Å². The molecular formula is C15H22BrCl. The van der Waals surface area contributed by atoms with Gasteiger partial charge < -0.3 is 0 Å². The van der Waals surface area contributed by atoms with Gasteiger partial charge in [-0.3, -0.25) is 0 Å². The Labute approximate surface area is 119 Å². The zero-order chi connectivity index (χ0) is 12.5. The zero-order valence-corrected chi connectivity index (χ0v) is 12.9. The van der Waals surface area contributed by atoms with E-state index in [2.05, 4.69) is 47.1 Å². The number of unbranched alkanes of at least 4 members (excludes halogenated alkanes) is 5. The van der Waals surface area contributed by atoms with Crippen molar-refractivity contribution >= 4 is 27.5 Å². The third kappa shape index (κ3) is 6.47. The van der Waals surface area contributed by atoms with E-state index < -0.39 is 0 Å². The Balaban J connectivity index is 2.16. The summed E-state index contributed by atoms with van der Waals surface area (Å²) in [5.74, 6) is 0. The van der Waals surface area contributed by atoms with Crippen molar-refractivity contribution in [2.75, 3.05) is 0 Å². The Morgan fingerprint density at radius 1 is 1.00 bits per heavy atom. The maximum Gasteiger partial charge on any atom is 0.0585 e. The van der Waals surface area contributed by atoms with E-state index in [1.807, 2.05) is 0 Å². The van der Waals surface area contributed by atoms with Crippen molar-refractivity contribution in [3.63, 3.8) is 0 Å². The molecule has 0 heterocycles. The minimum absolute atomic E-state index is 0.175. The van der Waals surface area contributed by atoms with Crippen molar-refractivity contribution in [2.24, 2.45) is 0 Å². The lowest BCUT2D eigenvalue weighted by Crippen LogP contribution is -1.90. The van der Waals surface area contributed by atoms with Gasteiger partial charge in [-0.15, -0.1) is 11.6 Å². The largest absolute Gasteiger partial charge is 0.118 e. The van der Waals surface area contributed by atoms with Crippen LogP contribution in [0, 0.1) is 0 Å². The number of rotatable bonds is 8. The van der Waals surface area contributed by atoms with Gasteiger partial charge in [-0.1, -0.05) is 73.5 Å². The molecule has 17 heavy (non-hydrogen) atoms. The first-order valence-electron chi connectivity index (χ1n) is 6.63. The predicted octanol–water partition coefficient (Wildman–Crippen LogP) is 6.48. The monoisotopic (exact) mass is 316 g/mol. The summed E-state index contributed by atoms with van der Waals surface area (Å²) in [6, 6.07) is 8.34. The minimum atomic E-state index is 0.175. The third-order valence-corrected chi connectivity index (χ3v) is 4.04. The van der Waals surface area contributed by atoms with E-state index >= 15 is 0 Å². The molecule has 0 spiro atoms. The molecule has 0 fully saturated rings. The fraction of sp³-hybridized carbons (Fsp3) is 0.600. The van der Waals surface area contributed by atoms with Crippen LogP contribution in [0.3, 0.4) is 0 Å². The Morgan fingerprint density at radius 2 is 1.59 bits per heavy atom. The zero-order valence-electron chi connectivity index (χ0n) is 10.6. The van der Waals surface area contributed by atoms with Gasteiger partial charge in [-0.2, -0.15) is 0 Å². The average Bonchev–Trinajstić information content (AvgIpc) is 2.34. The number of hydrogen-bond acceptors (Lipinski definition) is 0. The quantitative estimate of drug-likeness (QED) is 0.380. The van der Waals surface area contributed by atoms with Crippen LogP contribution in [-0.2, 0) is 0 Å². The summed E-state index contributed by atoms with van der Waals surface area (Å²) in [5.41, 5.74) is 1.24. The third-order valence-electron chi connectivity index (χ3n) is 3.04. The molecule has 1 aromatic rings. The molecule has 0 N–H and O–H groups in total. The van der Waals surface area contributed by atoms with Crippen LogP contribution in [0.5, 0.6) is 0 Å². The first-order valence-corrected chi connectivity index (χ1v) is 7.86. The lowest BCUT2D eigenvalue weighted by molar-refractivity contribution is 0.584. The summed E-state index contributed by atoms with van der Waals surface area (Å²) in [6.45, 7) is 2.25. The van der Waals surface area contributed by atoms with Crippen LogP contribution in [0.15, 0.2) is 28.7 Å². The Bertz CT molecular complexity index is 294. The highest BCUT2D eigenvalue weighted by Gasteiger charge is 2.06. The van der Waals surface area contributed by atoms with Crippen molar-refractivity contribution in [3.8, 4) is 0 Å². The van der Waals surface area contributed by atoms with Crippen LogP contribution in [0.1, 0.15) is 62.8 Å². The smallest absolute Gasteiger partial charge is 0.0585 e. The van der Waals surface area contributed by atoms with Gasteiger partial charge >= 0.3 is 0 Å². The SMILES string of the molecule is CCCCCCCCC(Cl)c1ccc(Br)cc1. The molecule has 0 saturated heterocycles. The summed E-state index contributed by atoms with van der Waals surface area (Å²) in [4.78, 5) is 0. The van der Waals surface area contributed by atoms with Crippen molar-refractivity contribution in [1.82, 2.24) is 0 Å².